The number of nitrogens with one attached hydrogen (secondary N) is 1. The van der Waals surface area contributed by atoms with Gasteiger partial charge >= 0.3 is 0 Å². The summed E-state index contributed by atoms with van der Waals surface area (Å²) in [6.45, 7) is 7.61. The number of aryl methyl sites for hydroxylation is 1. The molecule has 0 aliphatic heterocycles. The van der Waals surface area contributed by atoms with Crippen LogP contribution in [-0.2, 0) is 14.8 Å². The molecule has 4 rings (SSSR count). The van der Waals surface area contributed by atoms with Gasteiger partial charge in [-0.15, -0.1) is 0 Å². The summed E-state index contributed by atoms with van der Waals surface area (Å²) in [7, 11) is -4.00. The van der Waals surface area contributed by atoms with Crippen LogP contribution in [0.3, 0.4) is 0 Å². The van der Waals surface area contributed by atoms with Crippen LogP contribution >= 0.6 is 11.6 Å². The molecule has 3 aromatic carbocycles. The molecule has 0 unspecified atom stereocenters. The van der Waals surface area contributed by atoms with E-state index in [4.69, 9.17) is 11.6 Å². The minimum absolute atomic E-state index is 0.0997. The highest BCUT2D eigenvalue weighted by Crippen LogP contribution is 2.26. The van der Waals surface area contributed by atoms with E-state index in [-0.39, 0.29) is 10.8 Å². The normalized spacial score (nSPS) is 11.7. The number of sulfonamides is 1. The second-order valence-corrected chi connectivity index (χ2v) is 11.8. The number of rotatable bonds is 9. The van der Waals surface area contributed by atoms with Crippen molar-refractivity contribution in [2.45, 2.75) is 38.5 Å². The molecular formula is C30H31ClN4O3S. The van der Waals surface area contributed by atoms with Crippen LogP contribution in [0.2, 0.25) is 5.02 Å². The lowest BCUT2D eigenvalue weighted by molar-refractivity contribution is -0.119. The second-order valence-electron chi connectivity index (χ2n) is 9.51. The molecule has 7 nitrogen and oxygen atoms in total. The molecule has 0 bridgehead atoms. The Kier molecular flexibility index (Phi) is 8.57. The van der Waals surface area contributed by atoms with Crippen molar-refractivity contribution in [3.05, 3.63) is 112 Å². The molecule has 0 aliphatic carbocycles. The third-order valence-electron chi connectivity index (χ3n) is 6.40. The first-order chi connectivity index (χ1) is 18.6. The molecule has 0 atom stereocenters. The molecular weight excluding hydrogens is 532 g/mol. The van der Waals surface area contributed by atoms with Gasteiger partial charge in [-0.25, -0.2) is 13.8 Å². The van der Waals surface area contributed by atoms with Crippen LogP contribution in [0.1, 0.15) is 42.3 Å². The number of carbonyl (C=O) groups is 1. The molecule has 9 heteroatoms. The fourth-order valence-electron chi connectivity index (χ4n) is 4.33. The number of amides is 1. The molecule has 1 aromatic heterocycles. The molecule has 0 spiro atoms. The van der Waals surface area contributed by atoms with Gasteiger partial charge in [0.2, 0.25) is 0 Å². The zero-order valence-electron chi connectivity index (χ0n) is 22.3. The first-order valence-electron chi connectivity index (χ1n) is 12.5. The third-order valence-corrected chi connectivity index (χ3v) is 8.42. The topological polar surface area (TPSA) is 83.8 Å². The van der Waals surface area contributed by atoms with Gasteiger partial charge in [-0.3, -0.25) is 9.10 Å². The first kappa shape index (κ1) is 28.1. The van der Waals surface area contributed by atoms with E-state index in [0.717, 1.165) is 32.5 Å². The summed E-state index contributed by atoms with van der Waals surface area (Å²) in [5, 5.41) is 4.76. The monoisotopic (exact) mass is 562 g/mol. The number of aromatic nitrogens is 1. The standard InChI is InChI=1S/C30H31ClN4O3S/c1-21(2)24-13-15-27(16-14-24)34(39(37,38)29-11-6-5-7-12-29)20-30(36)33-32-19-25-17-22(3)35(23(25)4)28-10-8-9-26(31)18-28/h5-19,21H,20H2,1-4H3,(H,33,36)/b32-19+. The van der Waals surface area contributed by atoms with Gasteiger partial charge < -0.3 is 4.57 Å². The molecule has 0 radical (unpaired) electrons. The minimum Gasteiger partial charge on any atom is -0.318 e. The number of hydrogen-bond acceptors (Lipinski definition) is 4. The average Bonchev–Trinajstić information content (AvgIpc) is 3.20. The summed E-state index contributed by atoms with van der Waals surface area (Å²) >= 11 is 6.17. The van der Waals surface area contributed by atoms with E-state index in [0.29, 0.717) is 10.7 Å². The van der Waals surface area contributed by atoms with E-state index in [1.54, 1.807) is 36.5 Å². The van der Waals surface area contributed by atoms with Crippen LogP contribution < -0.4 is 9.73 Å². The highest BCUT2D eigenvalue weighted by Gasteiger charge is 2.27. The van der Waals surface area contributed by atoms with E-state index < -0.39 is 22.5 Å². The summed E-state index contributed by atoms with van der Waals surface area (Å²) in [6, 6.07) is 24.7. The third kappa shape index (κ3) is 6.41. The van der Waals surface area contributed by atoms with Crippen LogP contribution in [0.15, 0.2) is 94.9 Å². The van der Waals surface area contributed by atoms with Crippen LogP contribution in [0.5, 0.6) is 0 Å². The smallest absolute Gasteiger partial charge is 0.264 e. The molecule has 0 saturated carbocycles. The molecule has 0 saturated heterocycles. The quantitative estimate of drug-likeness (QED) is 0.194. The van der Waals surface area contributed by atoms with Crippen LogP contribution in [0.25, 0.3) is 5.69 Å². The van der Waals surface area contributed by atoms with Crippen molar-refractivity contribution in [2.24, 2.45) is 5.10 Å². The maximum Gasteiger partial charge on any atom is 0.264 e. The van der Waals surface area contributed by atoms with E-state index in [1.807, 2.05) is 60.9 Å². The Morgan fingerprint density at radius 2 is 1.69 bits per heavy atom. The molecule has 39 heavy (non-hydrogen) atoms. The van der Waals surface area contributed by atoms with Gasteiger partial charge in [0.25, 0.3) is 15.9 Å². The summed E-state index contributed by atoms with van der Waals surface area (Å²) in [5.74, 6) is -0.279. The lowest BCUT2D eigenvalue weighted by atomic mass is 10.0. The minimum atomic E-state index is -4.00. The first-order valence-corrected chi connectivity index (χ1v) is 14.3. The molecule has 1 N–H and O–H groups in total. The Labute approximate surface area is 234 Å². The molecule has 0 fully saturated rings. The summed E-state index contributed by atoms with van der Waals surface area (Å²) < 4.78 is 30.2. The van der Waals surface area contributed by atoms with Gasteiger partial charge in [0.1, 0.15) is 6.54 Å². The van der Waals surface area contributed by atoms with Crippen LogP contribution in [0, 0.1) is 13.8 Å². The van der Waals surface area contributed by atoms with Crippen molar-refractivity contribution < 1.29 is 13.2 Å². The van der Waals surface area contributed by atoms with E-state index in [2.05, 4.69) is 24.4 Å². The van der Waals surface area contributed by atoms with E-state index in [9.17, 15) is 13.2 Å². The lowest BCUT2D eigenvalue weighted by Crippen LogP contribution is -2.39. The second kappa shape index (κ2) is 11.9. The number of carbonyl (C=O) groups excluding carboxylic acids is 1. The predicted octanol–water partition coefficient (Wildman–Crippen LogP) is 6.22. The number of halogens is 1. The van der Waals surface area contributed by atoms with Crippen molar-refractivity contribution in [3.8, 4) is 5.69 Å². The van der Waals surface area contributed by atoms with E-state index >= 15 is 0 Å². The highest BCUT2D eigenvalue weighted by atomic mass is 35.5. The average molecular weight is 563 g/mol. The maximum atomic E-state index is 13.5. The number of hydrogen-bond donors (Lipinski definition) is 1. The summed E-state index contributed by atoms with van der Waals surface area (Å²) in [5.41, 5.74) is 7.58. The Hall–Kier alpha value is -3.88. The van der Waals surface area contributed by atoms with Gasteiger partial charge in [-0.05, 0) is 73.9 Å². The van der Waals surface area contributed by atoms with Crippen molar-refractivity contribution in [2.75, 3.05) is 10.8 Å². The van der Waals surface area contributed by atoms with Crippen molar-refractivity contribution >= 4 is 39.4 Å². The van der Waals surface area contributed by atoms with Gasteiger partial charge in [-0.1, -0.05) is 61.8 Å². The molecule has 4 aromatic rings. The van der Waals surface area contributed by atoms with Gasteiger partial charge in [-0.2, -0.15) is 5.10 Å². The predicted molar refractivity (Wildman–Crippen MR) is 157 cm³/mol. The number of hydrazone groups is 1. The number of anilines is 1. The Morgan fingerprint density at radius 1 is 1.00 bits per heavy atom. The van der Waals surface area contributed by atoms with Crippen LogP contribution in [0.4, 0.5) is 5.69 Å². The zero-order chi connectivity index (χ0) is 28.2. The Balaban J connectivity index is 1.55. The maximum absolute atomic E-state index is 13.5. The number of nitrogens with zero attached hydrogens (tertiary/aromatic N) is 3. The zero-order valence-corrected chi connectivity index (χ0v) is 23.9. The van der Waals surface area contributed by atoms with Crippen molar-refractivity contribution in [1.82, 2.24) is 9.99 Å². The molecule has 0 aliphatic rings. The Bertz CT molecular complexity index is 1600. The van der Waals surface area contributed by atoms with Crippen molar-refractivity contribution in [3.63, 3.8) is 0 Å². The largest absolute Gasteiger partial charge is 0.318 e. The summed E-state index contributed by atoms with van der Waals surface area (Å²) in [4.78, 5) is 13.0. The fraction of sp³-hybridized carbons (Fsp3) is 0.200. The van der Waals surface area contributed by atoms with Gasteiger partial charge in [0, 0.05) is 27.7 Å². The summed E-state index contributed by atoms with van der Waals surface area (Å²) in [6.07, 6.45) is 1.55. The SMILES string of the molecule is Cc1cc(/C=N/NC(=O)CN(c2ccc(C(C)C)cc2)S(=O)(=O)c2ccccc2)c(C)n1-c1cccc(Cl)c1. The highest BCUT2D eigenvalue weighted by molar-refractivity contribution is 7.92. The molecule has 202 valence electrons. The molecule has 1 amide bonds. The van der Waals surface area contributed by atoms with E-state index in [1.165, 1.54) is 12.1 Å². The number of benzene rings is 3. The van der Waals surface area contributed by atoms with Gasteiger partial charge in [0.15, 0.2) is 0 Å². The fourth-order valence-corrected chi connectivity index (χ4v) is 5.96. The van der Waals surface area contributed by atoms with Gasteiger partial charge in [0.05, 0.1) is 16.8 Å². The lowest BCUT2D eigenvalue weighted by Gasteiger charge is -2.24. The Morgan fingerprint density at radius 3 is 2.33 bits per heavy atom. The molecule has 1 heterocycles. The van der Waals surface area contributed by atoms with Crippen molar-refractivity contribution in [1.29, 1.82) is 0 Å². The van der Waals surface area contributed by atoms with Crippen LogP contribution in [-0.4, -0.2) is 31.7 Å².